The molecule has 1 amide bonds. The summed E-state index contributed by atoms with van der Waals surface area (Å²) in [5, 5.41) is 11.4. The van der Waals surface area contributed by atoms with Crippen molar-refractivity contribution in [3.8, 4) is 0 Å². The average molecular weight is 281 g/mol. The number of thiophene rings is 1. The van der Waals surface area contributed by atoms with Crippen LogP contribution < -0.4 is 5.32 Å². The lowest BCUT2D eigenvalue weighted by Crippen LogP contribution is -2.33. The predicted molar refractivity (Wildman–Crippen MR) is 77.4 cm³/mol. The maximum atomic E-state index is 11.9. The van der Waals surface area contributed by atoms with Gasteiger partial charge in [0.2, 0.25) is 0 Å². The molecule has 0 aliphatic carbocycles. The molecule has 0 aliphatic heterocycles. The SMILES string of the molecule is CCC(C)(C)CNC(=O)c1ccc(/C=C/C(=O)O)s1. The lowest BCUT2D eigenvalue weighted by molar-refractivity contribution is -0.131. The van der Waals surface area contributed by atoms with Crippen LogP contribution >= 0.6 is 11.3 Å². The minimum absolute atomic E-state index is 0.0823. The second kappa shape index (κ2) is 6.52. The Morgan fingerprint density at radius 2 is 2.11 bits per heavy atom. The summed E-state index contributed by atoms with van der Waals surface area (Å²) >= 11 is 1.28. The van der Waals surface area contributed by atoms with Crippen LogP contribution in [-0.4, -0.2) is 23.5 Å². The number of rotatable bonds is 6. The number of carboxylic acid groups (broad SMARTS) is 1. The van der Waals surface area contributed by atoms with Crippen LogP contribution in [-0.2, 0) is 4.79 Å². The lowest BCUT2D eigenvalue weighted by Gasteiger charge is -2.22. The molecule has 0 atom stereocenters. The Morgan fingerprint density at radius 3 is 2.68 bits per heavy atom. The van der Waals surface area contributed by atoms with E-state index in [2.05, 4.69) is 26.1 Å². The Balaban J connectivity index is 2.61. The fraction of sp³-hybridized carbons (Fsp3) is 0.429. The Bertz CT molecular complexity index is 489. The highest BCUT2D eigenvalue weighted by Crippen LogP contribution is 2.20. The number of nitrogens with one attached hydrogen (secondary N) is 1. The van der Waals surface area contributed by atoms with E-state index < -0.39 is 5.97 Å². The van der Waals surface area contributed by atoms with Crippen molar-refractivity contribution in [1.82, 2.24) is 5.32 Å². The van der Waals surface area contributed by atoms with Crippen molar-refractivity contribution in [2.45, 2.75) is 27.2 Å². The van der Waals surface area contributed by atoms with Crippen molar-refractivity contribution < 1.29 is 14.7 Å². The first-order valence-electron chi connectivity index (χ1n) is 6.13. The molecule has 0 saturated carbocycles. The van der Waals surface area contributed by atoms with Gasteiger partial charge < -0.3 is 10.4 Å². The van der Waals surface area contributed by atoms with E-state index in [1.807, 2.05) is 0 Å². The van der Waals surface area contributed by atoms with Gasteiger partial charge in [0.05, 0.1) is 4.88 Å². The van der Waals surface area contributed by atoms with Gasteiger partial charge in [0.15, 0.2) is 0 Å². The summed E-state index contributed by atoms with van der Waals surface area (Å²) < 4.78 is 0. The molecule has 5 heteroatoms. The molecule has 0 aromatic carbocycles. The lowest BCUT2D eigenvalue weighted by atomic mass is 9.90. The number of carbonyl (C=O) groups excluding carboxylic acids is 1. The first kappa shape index (κ1) is 15.4. The molecule has 0 unspecified atom stereocenters. The number of amides is 1. The van der Waals surface area contributed by atoms with Crippen LogP contribution in [0.1, 0.15) is 41.7 Å². The molecule has 0 radical (unpaired) electrons. The van der Waals surface area contributed by atoms with Gasteiger partial charge in [-0.05, 0) is 30.0 Å². The van der Waals surface area contributed by atoms with Crippen molar-refractivity contribution in [2.75, 3.05) is 6.54 Å². The molecule has 1 aromatic rings. The third kappa shape index (κ3) is 5.26. The van der Waals surface area contributed by atoms with E-state index in [0.29, 0.717) is 11.4 Å². The first-order chi connectivity index (χ1) is 8.84. The van der Waals surface area contributed by atoms with E-state index in [-0.39, 0.29) is 11.3 Å². The summed E-state index contributed by atoms with van der Waals surface area (Å²) in [5.74, 6) is -1.11. The predicted octanol–water partition coefficient (Wildman–Crippen LogP) is 3.01. The van der Waals surface area contributed by atoms with Crippen LogP contribution in [0.5, 0.6) is 0 Å². The van der Waals surface area contributed by atoms with Crippen molar-refractivity contribution in [3.05, 3.63) is 28.0 Å². The molecular weight excluding hydrogens is 262 g/mol. The Kier molecular flexibility index (Phi) is 5.30. The fourth-order valence-electron chi connectivity index (χ4n) is 1.25. The second-order valence-electron chi connectivity index (χ2n) is 5.07. The van der Waals surface area contributed by atoms with E-state index in [0.717, 1.165) is 17.4 Å². The molecular formula is C14H19NO3S. The monoisotopic (exact) mass is 281 g/mol. The minimum atomic E-state index is -0.996. The summed E-state index contributed by atoms with van der Waals surface area (Å²) in [5.41, 5.74) is 0.0823. The third-order valence-corrected chi connectivity index (χ3v) is 3.97. The number of carbonyl (C=O) groups is 2. The fourth-order valence-corrected chi connectivity index (χ4v) is 2.08. The molecule has 19 heavy (non-hydrogen) atoms. The van der Waals surface area contributed by atoms with Crippen LogP contribution in [0.25, 0.3) is 6.08 Å². The van der Waals surface area contributed by atoms with Crippen molar-refractivity contribution in [2.24, 2.45) is 5.41 Å². The first-order valence-corrected chi connectivity index (χ1v) is 6.95. The van der Waals surface area contributed by atoms with Gasteiger partial charge in [0, 0.05) is 17.5 Å². The Hall–Kier alpha value is -1.62. The molecule has 1 heterocycles. The zero-order valence-electron chi connectivity index (χ0n) is 11.4. The Labute approximate surface area is 117 Å². The number of carboxylic acids is 1. The number of aliphatic carboxylic acids is 1. The second-order valence-corrected chi connectivity index (χ2v) is 6.19. The van der Waals surface area contributed by atoms with Gasteiger partial charge >= 0.3 is 5.97 Å². The third-order valence-electron chi connectivity index (χ3n) is 2.93. The van der Waals surface area contributed by atoms with E-state index in [1.165, 1.54) is 17.4 Å². The molecule has 0 spiro atoms. The molecule has 0 saturated heterocycles. The van der Waals surface area contributed by atoms with Crippen molar-refractivity contribution >= 4 is 29.3 Å². The van der Waals surface area contributed by atoms with Crippen LogP contribution in [0.2, 0.25) is 0 Å². The van der Waals surface area contributed by atoms with E-state index in [4.69, 9.17) is 5.11 Å². The molecule has 0 fully saturated rings. The molecule has 4 nitrogen and oxygen atoms in total. The quantitative estimate of drug-likeness (QED) is 0.788. The van der Waals surface area contributed by atoms with Gasteiger partial charge in [-0.1, -0.05) is 20.8 Å². The highest BCUT2D eigenvalue weighted by atomic mass is 32.1. The number of hydrogen-bond donors (Lipinski definition) is 2. The largest absolute Gasteiger partial charge is 0.478 e. The molecule has 2 N–H and O–H groups in total. The summed E-state index contributed by atoms with van der Waals surface area (Å²) in [6.45, 7) is 6.91. The zero-order valence-corrected chi connectivity index (χ0v) is 12.2. The van der Waals surface area contributed by atoms with Gasteiger partial charge in [0.25, 0.3) is 5.91 Å². The van der Waals surface area contributed by atoms with Gasteiger partial charge in [-0.15, -0.1) is 11.3 Å². The van der Waals surface area contributed by atoms with Crippen molar-refractivity contribution in [3.63, 3.8) is 0 Å². The highest BCUT2D eigenvalue weighted by Gasteiger charge is 2.17. The van der Waals surface area contributed by atoms with Gasteiger partial charge in [-0.25, -0.2) is 4.79 Å². The maximum Gasteiger partial charge on any atom is 0.328 e. The molecule has 0 aliphatic rings. The van der Waals surface area contributed by atoms with Crippen LogP contribution in [0.3, 0.4) is 0 Å². The van der Waals surface area contributed by atoms with Gasteiger partial charge in [-0.2, -0.15) is 0 Å². The Morgan fingerprint density at radius 1 is 1.42 bits per heavy atom. The summed E-state index contributed by atoms with van der Waals surface area (Å²) in [6, 6.07) is 3.45. The average Bonchev–Trinajstić information content (AvgIpc) is 2.82. The van der Waals surface area contributed by atoms with Crippen molar-refractivity contribution in [1.29, 1.82) is 0 Å². The van der Waals surface area contributed by atoms with Gasteiger partial charge in [0.1, 0.15) is 0 Å². The highest BCUT2D eigenvalue weighted by molar-refractivity contribution is 7.14. The van der Waals surface area contributed by atoms with E-state index in [1.54, 1.807) is 12.1 Å². The zero-order chi connectivity index (χ0) is 14.5. The standard InChI is InChI=1S/C14H19NO3S/c1-4-14(2,3)9-15-13(18)11-7-5-10(19-11)6-8-12(16)17/h5-8H,4,9H2,1-3H3,(H,15,18)(H,16,17)/b8-6+. The minimum Gasteiger partial charge on any atom is -0.478 e. The normalized spacial score (nSPS) is 11.7. The summed E-state index contributed by atoms with van der Waals surface area (Å²) in [7, 11) is 0. The molecule has 1 rings (SSSR count). The smallest absolute Gasteiger partial charge is 0.328 e. The molecule has 0 bridgehead atoms. The van der Waals surface area contributed by atoms with Crippen LogP contribution in [0, 0.1) is 5.41 Å². The maximum absolute atomic E-state index is 11.9. The summed E-state index contributed by atoms with van der Waals surface area (Å²) in [4.78, 5) is 23.7. The van der Waals surface area contributed by atoms with E-state index >= 15 is 0 Å². The number of hydrogen-bond acceptors (Lipinski definition) is 3. The topological polar surface area (TPSA) is 66.4 Å². The van der Waals surface area contributed by atoms with Crippen LogP contribution in [0.4, 0.5) is 0 Å². The molecule has 104 valence electrons. The summed E-state index contributed by atoms with van der Waals surface area (Å²) in [6.07, 6.45) is 3.54. The van der Waals surface area contributed by atoms with E-state index in [9.17, 15) is 9.59 Å². The van der Waals surface area contributed by atoms with Crippen LogP contribution in [0.15, 0.2) is 18.2 Å². The van der Waals surface area contributed by atoms with Gasteiger partial charge in [-0.3, -0.25) is 4.79 Å². The molecule has 1 aromatic heterocycles.